The lowest BCUT2D eigenvalue weighted by atomic mass is 10.1. The van der Waals surface area contributed by atoms with Gasteiger partial charge in [0.1, 0.15) is 6.54 Å². The molecule has 3 rings (SSSR count). The highest BCUT2D eigenvalue weighted by atomic mass is 16.5. The van der Waals surface area contributed by atoms with Crippen molar-refractivity contribution >= 4 is 23.4 Å². The van der Waals surface area contributed by atoms with Crippen LogP contribution in [0.5, 0.6) is 0 Å². The maximum atomic E-state index is 13.3. The van der Waals surface area contributed by atoms with Crippen LogP contribution in [0.3, 0.4) is 0 Å². The van der Waals surface area contributed by atoms with E-state index in [0.717, 1.165) is 11.1 Å². The summed E-state index contributed by atoms with van der Waals surface area (Å²) in [4.78, 5) is 42.5. The molecule has 1 amide bonds. The molecule has 0 fully saturated rings. The number of nitrogens with one attached hydrogen (secondary N) is 2. The fourth-order valence-electron chi connectivity index (χ4n) is 3.54. The quantitative estimate of drug-likeness (QED) is 0.167. The van der Waals surface area contributed by atoms with Crippen LogP contribution in [0, 0.1) is 0 Å². The first-order valence-electron chi connectivity index (χ1n) is 11.3. The average molecular weight is 494 g/mol. The Hall–Kier alpha value is -4.22. The summed E-state index contributed by atoms with van der Waals surface area (Å²) < 4.78 is 6.08. The van der Waals surface area contributed by atoms with Crippen molar-refractivity contribution in [1.29, 1.82) is 0 Å². The van der Waals surface area contributed by atoms with Gasteiger partial charge in [-0.3, -0.25) is 14.2 Å². The highest BCUT2D eigenvalue weighted by molar-refractivity contribution is 5.92. The third kappa shape index (κ3) is 6.46. The summed E-state index contributed by atoms with van der Waals surface area (Å²) in [6.45, 7) is 3.71. The van der Waals surface area contributed by atoms with Crippen molar-refractivity contribution in [3.05, 3.63) is 75.7 Å². The standard InChI is InChI=1S/C25H31N7O4/c1-14(2)31-23-24(34)32(13-21(33)29-11-15-4-6-16(7-5-15)22(27)28)20(12-30-23)17-8-18(25(35)36-3)10-19(26)9-17/h4-10,12,14,22H,11,13,26-28H2,1-3H3,(H,29,33)(H,30,31). The molecule has 36 heavy (non-hydrogen) atoms. The number of hydrogen-bond acceptors (Lipinski definition) is 9. The van der Waals surface area contributed by atoms with Gasteiger partial charge in [-0.05, 0) is 43.2 Å². The summed E-state index contributed by atoms with van der Waals surface area (Å²) in [6.07, 6.45) is 0.885. The number of carbonyl (C=O) groups excluding carboxylic acids is 2. The van der Waals surface area contributed by atoms with Crippen LogP contribution >= 0.6 is 0 Å². The van der Waals surface area contributed by atoms with E-state index < -0.39 is 23.6 Å². The number of carbonyl (C=O) groups is 2. The van der Waals surface area contributed by atoms with Gasteiger partial charge in [-0.15, -0.1) is 0 Å². The lowest BCUT2D eigenvalue weighted by Gasteiger charge is -2.17. The molecule has 3 aromatic rings. The Labute approximate surface area is 208 Å². The van der Waals surface area contributed by atoms with Gasteiger partial charge in [-0.25, -0.2) is 9.78 Å². The summed E-state index contributed by atoms with van der Waals surface area (Å²) in [5.41, 5.74) is 19.7. The Morgan fingerprint density at radius 2 is 1.81 bits per heavy atom. The first-order valence-corrected chi connectivity index (χ1v) is 11.3. The van der Waals surface area contributed by atoms with Crippen molar-refractivity contribution in [2.75, 3.05) is 18.2 Å². The SMILES string of the molecule is COC(=O)c1cc(N)cc(-c2cnc(NC(C)C)c(=O)n2CC(=O)NCc2ccc(C(N)N)cc2)c1. The van der Waals surface area contributed by atoms with E-state index in [1.165, 1.54) is 30.0 Å². The number of anilines is 2. The van der Waals surface area contributed by atoms with Crippen molar-refractivity contribution in [3.63, 3.8) is 0 Å². The van der Waals surface area contributed by atoms with Gasteiger partial charge in [-0.2, -0.15) is 0 Å². The summed E-state index contributed by atoms with van der Waals surface area (Å²) in [5, 5.41) is 5.80. The van der Waals surface area contributed by atoms with Crippen molar-refractivity contribution in [1.82, 2.24) is 14.9 Å². The Balaban J connectivity index is 1.93. The molecule has 11 heteroatoms. The van der Waals surface area contributed by atoms with E-state index in [-0.39, 0.29) is 30.5 Å². The second kappa shape index (κ2) is 11.5. The summed E-state index contributed by atoms with van der Waals surface area (Å²) in [5.74, 6) is -0.869. The summed E-state index contributed by atoms with van der Waals surface area (Å²) in [6, 6.07) is 11.8. The van der Waals surface area contributed by atoms with E-state index in [2.05, 4.69) is 15.6 Å². The maximum Gasteiger partial charge on any atom is 0.337 e. The Kier molecular flexibility index (Phi) is 8.41. The third-order valence-electron chi connectivity index (χ3n) is 5.31. The fourth-order valence-corrected chi connectivity index (χ4v) is 3.54. The van der Waals surface area contributed by atoms with Crippen molar-refractivity contribution < 1.29 is 14.3 Å². The number of aromatic nitrogens is 2. The minimum atomic E-state index is -0.581. The molecule has 0 aliphatic heterocycles. The van der Waals surface area contributed by atoms with Crippen LogP contribution in [-0.4, -0.2) is 34.6 Å². The van der Waals surface area contributed by atoms with E-state index in [4.69, 9.17) is 21.9 Å². The maximum absolute atomic E-state index is 13.3. The number of rotatable bonds is 9. The normalized spacial score (nSPS) is 11.0. The molecule has 0 radical (unpaired) electrons. The first-order chi connectivity index (χ1) is 17.1. The van der Waals surface area contributed by atoms with Gasteiger partial charge in [0.15, 0.2) is 5.82 Å². The summed E-state index contributed by atoms with van der Waals surface area (Å²) >= 11 is 0. The number of nitrogen functional groups attached to an aromatic ring is 1. The van der Waals surface area contributed by atoms with E-state index in [0.29, 0.717) is 16.9 Å². The molecule has 1 aromatic heterocycles. The Morgan fingerprint density at radius 1 is 1.11 bits per heavy atom. The zero-order chi connectivity index (χ0) is 26.4. The molecule has 0 aliphatic carbocycles. The zero-order valence-corrected chi connectivity index (χ0v) is 20.4. The molecule has 2 aromatic carbocycles. The molecular formula is C25H31N7O4. The molecule has 11 nitrogen and oxygen atoms in total. The minimum Gasteiger partial charge on any atom is -0.465 e. The predicted molar refractivity (Wildman–Crippen MR) is 138 cm³/mol. The highest BCUT2D eigenvalue weighted by Gasteiger charge is 2.18. The van der Waals surface area contributed by atoms with Crippen LogP contribution in [0.25, 0.3) is 11.3 Å². The van der Waals surface area contributed by atoms with Crippen LogP contribution in [0.15, 0.2) is 53.5 Å². The fraction of sp³-hybridized carbons (Fsp3) is 0.280. The predicted octanol–water partition coefficient (Wildman–Crippen LogP) is 1.33. The van der Waals surface area contributed by atoms with Gasteiger partial charge in [0.25, 0.3) is 5.56 Å². The molecule has 190 valence electrons. The van der Waals surface area contributed by atoms with Gasteiger partial charge in [0, 0.05) is 23.8 Å². The molecule has 0 atom stereocenters. The smallest absolute Gasteiger partial charge is 0.337 e. The number of nitrogens with zero attached hydrogens (tertiary/aromatic N) is 2. The van der Waals surface area contributed by atoms with Gasteiger partial charge in [0.05, 0.1) is 30.7 Å². The minimum absolute atomic E-state index is 0.0544. The highest BCUT2D eigenvalue weighted by Crippen LogP contribution is 2.24. The third-order valence-corrected chi connectivity index (χ3v) is 5.31. The van der Waals surface area contributed by atoms with E-state index in [1.807, 2.05) is 26.0 Å². The number of ether oxygens (including phenoxy) is 1. The van der Waals surface area contributed by atoms with Gasteiger partial charge >= 0.3 is 5.97 Å². The van der Waals surface area contributed by atoms with Gasteiger partial charge in [0.2, 0.25) is 5.91 Å². The largest absolute Gasteiger partial charge is 0.465 e. The van der Waals surface area contributed by atoms with Crippen LogP contribution in [0.1, 0.15) is 41.5 Å². The average Bonchev–Trinajstić information content (AvgIpc) is 2.84. The second-order valence-electron chi connectivity index (χ2n) is 8.56. The number of methoxy groups -OCH3 is 1. The van der Waals surface area contributed by atoms with E-state index in [1.54, 1.807) is 18.2 Å². The number of esters is 1. The van der Waals surface area contributed by atoms with E-state index in [9.17, 15) is 14.4 Å². The van der Waals surface area contributed by atoms with Crippen LogP contribution in [-0.2, 0) is 22.6 Å². The molecule has 0 bridgehead atoms. The number of amides is 1. The van der Waals surface area contributed by atoms with Crippen molar-refractivity contribution in [2.45, 2.75) is 39.1 Å². The molecule has 8 N–H and O–H groups in total. The number of nitrogens with two attached hydrogens (primary N) is 3. The number of hydrogen-bond donors (Lipinski definition) is 5. The molecule has 1 heterocycles. The molecular weight excluding hydrogens is 462 g/mol. The van der Waals surface area contributed by atoms with Crippen LogP contribution in [0.4, 0.5) is 11.5 Å². The van der Waals surface area contributed by atoms with Gasteiger partial charge in [-0.1, -0.05) is 24.3 Å². The van der Waals surface area contributed by atoms with E-state index >= 15 is 0 Å². The monoisotopic (exact) mass is 493 g/mol. The van der Waals surface area contributed by atoms with Crippen molar-refractivity contribution in [2.24, 2.45) is 11.5 Å². The Bertz CT molecular complexity index is 1300. The topological polar surface area (TPSA) is 180 Å². The van der Waals surface area contributed by atoms with Crippen molar-refractivity contribution in [3.8, 4) is 11.3 Å². The van der Waals surface area contributed by atoms with Gasteiger partial charge < -0.3 is 32.6 Å². The lowest BCUT2D eigenvalue weighted by molar-refractivity contribution is -0.121. The Morgan fingerprint density at radius 3 is 2.42 bits per heavy atom. The summed E-state index contributed by atoms with van der Waals surface area (Å²) in [7, 11) is 1.26. The first kappa shape index (κ1) is 26.4. The lowest BCUT2D eigenvalue weighted by Crippen LogP contribution is -2.35. The zero-order valence-electron chi connectivity index (χ0n) is 20.4. The molecule has 0 saturated heterocycles. The molecule has 0 aliphatic rings. The molecule has 0 spiro atoms. The number of benzene rings is 2. The molecule has 0 saturated carbocycles. The van der Waals surface area contributed by atoms with Crippen LogP contribution < -0.4 is 33.4 Å². The molecule has 0 unspecified atom stereocenters. The second-order valence-corrected chi connectivity index (χ2v) is 8.56. The van der Waals surface area contributed by atoms with Crippen LogP contribution in [0.2, 0.25) is 0 Å².